The van der Waals surface area contributed by atoms with Gasteiger partial charge in [-0.15, -0.1) is 0 Å². The maximum atomic E-state index is 13.5. The predicted molar refractivity (Wildman–Crippen MR) is 186 cm³/mol. The predicted octanol–water partition coefficient (Wildman–Crippen LogP) is 4.93. The van der Waals surface area contributed by atoms with E-state index < -0.39 is 35.5 Å². The van der Waals surface area contributed by atoms with Gasteiger partial charge < -0.3 is 33.9 Å². The molecule has 0 spiro atoms. The first-order chi connectivity index (χ1) is 24.0. The summed E-state index contributed by atoms with van der Waals surface area (Å²) in [7, 11) is 8.81. The zero-order valence-corrected chi connectivity index (χ0v) is 29.7. The van der Waals surface area contributed by atoms with E-state index in [9.17, 15) is 34.2 Å². The second kappa shape index (κ2) is 15.0. The van der Waals surface area contributed by atoms with Gasteiger partial charge in [0.05, 0.1) is 19.8 Å². The average molecular weight is 697 g/mol. The summed E-state index contributed by atoms with van der Waals surface area (Å²) in [6, 6.07) is 2.96. The number of aromatic carboxylic acids is 1. The Morgan fingerprint density at radius 1 is 0.784 bits per heavy atom. The van der Waals surface area contributed by atoms with Crippen molar-refractivity contribution in [1.29, 1.82) is 0 Å². The quantitative estimate of drug-likeness (QED) is 0.167. The highest BCUT2D eigenvalue weighted by molar-refractivity contribution is 6.37. The number of aryl methyl sites for hydroxylation is 2. The molecule has 0 aromatic heterocycles. The summed E-state index contributed by atoms with van der Waals surface area (Å²) in [5.41, 5.74) is 2.13. The molecule has 2 N–H and O–H groups in total. The van der Waals surface area contributed by atoms with Gasteiger partial charge in [-0.3, -0.25) is 9.59 Å². The number of rotatable bonds is 10. The number of phenols is 1. The number of allylic oxidation sites excluding steroid dienone is 2. The van der Waals surface area contributed by atoms with Crippen molar-refractivity contribution in [1.82, 2.24) is 0 Å². The van der Waals surface area contributed by atoms with Gasteiger partial charge >= 0.3 is 23.9 Å². The van der Waals surface area contributed by atoms with E-state index in [1.165, 1.54) is 45.4 Å². The van der Waals surface area contributed by atoms with E-state index >= 15 is 0 Å². The number of ether oxygens (including phenoxy) is 5. The van der Waals surface area contributed by atoms with Gasteiger partial charge in [0.25, 0.3) is 0 Å². The van der Waals surface area contributed by atoms with Crippen LogP contribution in [0.1, 0.15) is 76.9 Å². The van der Waals surface area contributed by atoms with Crippen LogP contribution < -0.4 is 24.4 Å². The third-order valence-corrected chi connectivity index (χ3v) is 8.88. The number of carboxylic acid groups (broad SMARTS) is 1. The lowest BCUT2D eigenvalue weighted by Gasteiger charge is -2.22. The van der Waals surface area contributed by atoms with E-state index in [2.05, 4.69) is 0 Å². The van der Waals surface area contributed by atoms with Crippen LogP contribution in [-0.2, 0) is 20.7 Å². The van der Waals surface area contributed by atoms with Gasteiger partial charge in [0.1, 0.15) is 59.4 Å². The minimum absolute atomic E-state index is 0.00701. The van der Waals surface area contributed by atoms with Crippen molar-refractivity contribution in [3.63, 3.8) is 0 Å². The maximum Gasteiger partial charge on any atom is 0.347 e. The molecule has 3 aromatic rings. The monoisotopic (exact) mass is 696 g/mol. The first kappa shape index (κ1) is 38.0. The highest BCUT2D eigenvalue weighted by atomic mass is 16.5. The Bertz CT molecular complexity index is 2040. The Kier molecular flexibility index (Phi) is 11.1. The summed E-state index contributed by atoms with van der Waals surface area (Å²) < 4.78 is 27.6. The molecule has 0 saturated heterocycles. The lowest BCUT2D eigenvalue weighted by Crippen LogP contribution is -2.28. The van der Waals surface area contributed by atoms with Gasteiger partial charge in [0.15, 0.2) is 5.78 Å². The number of carbonyl (C=O) groups excluding carboxylic acids is 4. The van der Waals surface area contributed by atoms with E-state index in [1.54, 1.807) is 34.6 Å². The molecule has 0 aliphatic heterocycles. The van der Waals surface area contributed by atoms with E-state index in [0.717, 1.165) is 6.08 Å². The number of carbonyl (C=O) groups is 5. The van der Waals surface area contributed by atoms with Gasteiger partial charge in [-0.25, -0.2) is 14.4 Å². The molecule has 3 aromatic carbocycles. The van der Waals surface area contributed by atoms with Crippen LogP contribution in [0.5, 0.6) is 28.7 Å². The minimum atomic E-state index is -1.16. The number of aromatic hydroxyl groups is 1. The van der Waals surface area contributed by atoms with Crippen molar-refractivity contribution >= 4 is 43.0 Å². The first-order valence-electron chi connectivity index (χ1n) is 15.8. The number of hydrogen-bond acceptors (Lipinski definition) is 11. The van der Waals surface area contributed by atoms with Gasteiger partial charge in [0, 0.05) is 11.6 Å². The molecule has 2 radical (unpaired) electrons. The Morgan fingerprint density at radius 2 is 1.45 bits per heavy atom. The van der Waals surface area contributed by atoms with Crippen molar-refractivity contribution in [2.75, 3.05) is 14.2 Å². The Hall–Kier alpha value is -5.85. The van der Waals surface area contributed by atoms with E-state index in [4.69, 9.17) is 31.5 Å². The molecule has 1 atom stereocenters. The number of benzene rings is 3. The largest absolute Gasteiger partial charge is 0.508 e. The van der Waals surface area contributed by atoms with Crippen LogP contribution in [0.3, 0.4) is 0 Å². The second-order valence-electron chi connectivity index (χ2n) is 12.0. The molecular formula is C38H37BO12. The van der Waals surface area contributed by atoms with E-state index in [0.29, 0.717) is 34.2 Å². The van der Waals surface area contributed by atoms with E-state index in [1.807, 2.05) is 6.92 Å². The average Bonchev–Trinajstić information content (AvgIpc) is 3.08. The number of ketones is 1. The molecule has 1 aliphatic rings. The number of phenolic OH excluding ortho intramolecular Hbond substituents is 1. The standard InChI is InChI=1S/C38H37BO12/c1-10-23-20(6)29(35(42)43)33(48-9)21(7)32(23)50-37(45)25-13-17(3)26(14-16(25)2)49-38(46)28-18(4)19(5)34(30(39)31(28)41)51-36(44)24-12-11-22(40)15-27(24)47-8/h11-15,24,41H,10H2,1-9H3,(H,42,43). The molecule has 1 aliphatic carbocycles. The third kappa shape index (κ3) is 7.10. The smallest absolute Gasteiger partial charge is 0.347 e. The van der Waals surface area contributed by atoms with Crippen LogP contribution in [0.2, 0.25) is 0 Å². The van der Waals surface area contributed by atoms with Gasteiger partial charge in [0.2, 0.25) is 0 Å². The molecule has 12 nitrogen and oxygen atoms in total. The Morgan fingerprint density at radius 3 is 2.04 bits per heavy atom. The van der Waals surface area contributed by atoms with Crippen LogP contribution in [-0.4, -0.2) is 61.9 Å². The van der Waals surface area contributed by atoms with Crippen molar-refractivity contribution < 1.29 is 57.9 Å². The van der Waals surface area contributed by atoms with E-state index in [-0.39, 0.29) is 67.8 Å². The van der Waals surface area contributed by atoms with Crippen LogP contribution in [0, 0.1) is 47.5 Å². The fraction of sp³-hybridized carbons (Fsp3) is 0.289. The molecule has 0 saturated carbocycles. The number of esters is 3. The third-order valence-electron chi connectivity index (χ3n) is 8.88. The molecule has 0 amide bonds. The first-order valence-corrected chi connectivity index (χ1v) is 15.8. The van der Waals surface area contributed by atoms with Crippen molar-refractivity contribution in [3.05, 3.63) is 91.8 Å². The highest BCUT2D eigenvalue weighted by Crippen LogP contribution is 2.40. The molecule has 4 rings (SSSR count). The van der Waals surface area contributed by atoms with Crippen LogP contribution in [0.4, 0.5) is 0 Å². The van der Waals surface area contributed by atoms with Crippen LogP contribution in [0.15, 0.2) is 36.1 Å². The maximum absolute atomic E-state index is 13.5. The lowest BCUT2D eigenvalue weighted by atomic mass is 9.86. The van der Waals surface area contributed by atoms with Crippen molar-refractivity contribution in [2.45, 2.75) is 54.9 Å². The SMILES string of the molecule is [B]c1c(O)c(C(=O)Oc2cc(C)c(C(=O)Oc3c(C)c(OC)c(C(=O)O)c(C)c3CC)cc2C)c(C)c(C)c1OC(=O)C1C=CC(=O)C=C1OC. The normalized spacial score (nSPS) is 13.7. The molecule has 1 unspecified atom stereocenters. The van der Waals surface area contributed by atoms with Crippen molar-refractivity contribution in [2.24, 2.45) is 5.92 Å². The van der Waals surface area contributed by atoms with Gasteiger partial charge in [-0.05, 0) is 105 Å². The zero-order chi connectivity index (χ0) is 38.1. The summed E-state index contributed by atoms with van der Waals surface area (Å²) in [5, 5.41) is 20.8. The minimum Gasteiger partial charge on any atom is -0.508 e. The summed E-state index contributed by atoms with van der Waals surface area (Å²) in [5.74, 6) is -5.46. The number of hydrogen-bond donors (Lipinski definition) is 2. The number of methoxy groups -OCH3 is 2. The summed E-state index contributed by atoms with van der Waals surface area (Å²) in [6.07, 6.45) is 4.07. The zero-order valence-electron chi connectivity index (χ0n) is 29.7. The fourth-order valence-corrected chi connectivity index (χ4v) is 5.97. The molecule has 264 valence electrons. The van der Waals surface area contributed by atoms with Gasteiger partial charge in [-0.1, -0.05) is 13.0 Å². The molecule has 0 bridgehead atoms. The lowest BCUT2D eigenvalue weighted by molar-refractivity contribution is -0.137. The summed E-state index contributed by atoms with van der Waals surface area (Å²) >= 11 is 0. The highest BCUT2D eigenvalue weighted by Gasteiger charge is 2.31. The topological polar surface area (TPSA) is 172 Å². The van der Waals surface area contributed by atoms with Gasteiger partial charge in [-0.2, -0.15) is 0 Å². The van der Waals surface area contributed by atoms with Crippen molar-refractivity contribution in [3.8, 4) is 28.7 Å². The number of carboxylic acids is 1. The van der Waals surface area contributed by atoms with Crippen LogP contribution >= 0.6 is 0 Å². The molecule has 13 heteroatoms. The Balaban J connectivity index is 1.62. The molecular weight excluding hydrogens is 659 g/mol. The Labute approximate surface area is 296 Å². The molecule has 0 heterocycles. The summed E-state index contributed by atoms with van der Waals surface area (Å²) in [6.45, 7) is 11.4. The second-order valence-corrected chi connectivity index (χ2v) is 12.0. The fourth-order valence-electron chi connectivity index (χ4n) is 5.97. The van der Waals surface area contributed by atoms with Crippen LogP contribution in [0.25, 0.3) is 0 Å². The molecule has 51 heavy (non-hydrogen) atoms. The molecule has 0 fully saturated rings. The summed E-state index contributed by atoms with van der Waals surface area (Å²) in [4.78, 5) is 63.7.